The third-order valence-electron chi connectivity index (χ3n) is 5.25. The molecule has 0 spiro atoms. The number of rotatable bonds is 4. The number of anilines is 1. The molecule has 1 unspecified atom stereocenters. The van der Waals surface area contributed by atoms with Gasteiger partial charge in [0, 0.05) is 11.3 Å². The first-order valence-corrected chi connectivity index (χ1v) is 10.7. The molecule has 9 heteroatoms. The third-order valence-corrected chi connectivity index (χ3v) is 6.28. The molecule has 1 saturated heterocycles. The summed E-state index contributed by atoms with van der Waals surface area (Å²) >= 11 is 18.0. The summed E-state index contributed by atoms with van der Waals surface area (Å²) in [5.74, 6) is -2.36. The number of aliphatic hydroxyl groups is 1. The van der Waals surface area contributed by atoms with Crippen molar-refractivity contribution in [2.24, 2.45) is 0 Å². The van der Waals surface area contributed by atoms with Crippen molar-refractivity contribution in [3.05, 3.63) is 98.2 Å². The van der Waals surface area contributed by atoms with Crippen molar-refractivity contribution in [2.75, 3.05) is 12.0 Å². The number of carbonyl (C=O) groups excluding carboxylic acids is 2. The average Bonchev–Trinajstić information content (AvgIpc) is 3.07. The van der Waals surface area contributed by atoms with Gasteiger partial charge in [0.1, 0.15) is 17.3 Å². The van der Waals surface area contributed by atoms with E-state index in [1.165, 1.54) is 42.3 Å². The molecule has 1 atom stereocenters. The zero-order valence-corrected chi connectivity index (χ0v) is 19.2. The van der Waals surface area contributed by atoms with E-state index < -0.39 is 29.3 Å². The van der Waals surface area contributed by atoms with Crippen LogP contribution < -0.4 is 9.64 Å². The number of methoxy groups -OCH3 is 1. The standard InChI is InChI=1S/C24H15Cl3FNO4/c1-33-15-6-2-12(3-7-15)21-20(22(30)13-4-8-16(25)17(26)10-13)23(31)24(32)29(21)14-5-9-19(28)18(27)11-14/h2-11,21,30H,1H3/b22-20+. The smallest absolute Gasteiger partial charge is 0.300 e. The highest BCUT2D eigenvalue weighted by Crippen LogP contribution is 2.43. The lowest BCUT2D eigenvalue weighted by Gasteiger charge is -2.25. The summed E-state index contributed by atoms with van der Waals surface area (Å²) in [6.45, 7) is 0. The zero-order valence-electron chi connectivity index (χ0n) is 17.0. The fraction of sp³-hybridized carbons (Fsp3) is 0.0833. The number of amides is 1. The highest BCUT2D eigenvalue weighted by atomic mass is 35.5. The Hall–Kier alpha value is -3.06. The molecule has 1 N–H and O–H groups in total. The van der Waals surface area contributed by atoms with Gasteiger partial charge in [-0.3, -0.25) is 14.5 Å². The van der Waals surface area contributed by atoms with E-state index in [0.29, 0.717) is 11.3 Å². The Kier molecular flexibility index (Phi) is 6.34. The Labute approximate surface area is 203 Å². The van der Waals surface area contributed by atoms with Crippen LogP contribution in [-0.4, -0.2) is 23.9 Å². The van der Waals surface area contributed by atoms with Gasteiger partial charge < -0.3 is 9.84 Å². The largest absolute Gasteiger partial charge is 0.507 e. The number of hydrogen-bond donors (Lipinski definition) is 1. The predicted molar refractivity (Wildman–Crippen MR) is 126 cm³/mol. The summed E-state index contributed by atoms with van der Waals surface area (Å²) < 4.78 is 19.0. The van der Waals surface area contributed by atoms with Crippen molar-refractivity contribution in [3.63, 3.8) is 0 Å². The fourth-order valence-corrected chi connectivity index (χ4v) is 4.11. The summed E-state index contributed by atoms with van der Waals surface area (Å²) in [6, 6.07) is 13.7. The Balaban J connectivity index is 1.95. The van der Waals surface area contributed by atoms with E-state index in [-0.39, 0.29) is 31.9 Å². The molecule has 3 aromatic carbocycles. The molecule has 4 rings (SSSR count). The average molecular weight is 507 g/mol. The molecule has 5 nitrogen and oxygen atoms in total. The topological polar surface area (TPSA) is 66.8 Å². The molecule has 33 heavy (non-hydrogen) atoms. The van der Waals surface area contributed by atoms with Gasteiger partial charge in [0.25, 0.3) is 11.7 Å². The van der Waals surface area contributed by atoms with Crippen LogP contribution in [0, 0.1) is 5.82 Å². The predicted octanol–water partition coefficient (Wildman–Crippen LogP) is 6.42. The number of ether oxygens (including phenoxy) is 1. The van der Waals surface area contributed by atoms with Gasteiger partial charge in [0.2, 0.25) is 0 Å². The lowest BCUT2D eigenvalue weighted by atomic mass is 9.95. The van der Waals surface area contributed by atoms with E-state index in [2.05, 4.69) is 0 Å². The number of ketones is 1. The lowest BCUT2D eigenvalue weighted by molar-refractivity contribution is -0.132. The molecule has 3 aromatic rings. The summed E-state index contributed by atoms with van der Waals surface area (Å²) in [4.78, 5) is 27.4. The van der Waals surface area contributed by atoms with E-state index in [1.54, 1.807) is 24.3 Å². The van der Waals surface area contributed by atoms with Crippen molar-refractivity contribution < 1.29 is 23.8 Å². The first kappa shape index (κ1) is 23.1. The molecule has 0 aliphatic carbocycles. The van der Waals surface area contributed by atoms with Gasteiger partial charge in [0.15, 0.2) is 0 Å². The molecular formula is C24H15Cl3FNO4. The van der Waals surface area contributed by atoms with Gasteiger partial charge in [-0.05, 0) is 54.1 Å². The first-order chi connectivity index (χ1) is 15.7. The molecule has 0 saturated carbocycles. The molecule has 1 fully saturated rings. The number of halogens is 4. The second kappa shape index (κ2) is 9.06. The van der Waals surface area contributed by atoms with Crippen LogP contribution in [0.4, 0.5) is 10.1 Å². The summed E-state index contributed by atoms with van der Waals surface area (Å²) in [7, 11) is 1.51. The molecule has 1 amide bonds. The van der Waals surface area contributed by atoms with Crippen LogP contribution in [-0.2, 0) is 9.59 Å². The molecule has 1 aliphatic rings. The lowest BCUT2D eigenvalue weighted by Crippen LogP contribution is -2.29. The SMILES string of the molecule is COc1ccc(C2/C(=C(\O)c3ccc(Cl)c(Cl)c3)C(=O)C(=O)N2c2ccc(F)c(Cl)c2)cc1. The monoisotopic (exact) mass is 505 g/mol. The van der Waals surface area contributed by atoms with E-state index in [0.717, 1.165) is 6.07 Å². The van der Waals surface area contributed by atoms with Gasteiger partial charge in [-0.25, -0.2) is 4.39 Å². The molecule has 0 aromatic heterocycles. The van der Waals surface area contributed by atoms with Gasteiger partial charge in [0.05, 0.1) is 33.8 Å². The molecule has 0 radical (unpaired) electrons. The number of nitrogens with zero attached hydrogens (tertiary/aromatic N) is 1. The normalized spacial score (nSPS) is 17.5. The van der Waals surface area contributed by atoms with Crippen molar-refractivity contribution in [3.8, 4) is 5.75 Å². The number of Topliss-reactive ketones (excluding diaryl/α,β-unsaturated/α-hetero) is 1. The maximum atomic E-state index is 13.8. The van der Waals surface area contributed by atoms with Crippen LogP contribution in [0.3, 0.4) is 0 Å². The van der Waals surface area contributed by atoms with E-state index in [4.69, 9.17) is 39.5 Å². The fourth-order valence-electron chi connectivity index (χ4n) is 3.63. The number of hydrogen-bond acceptors (Lipinski definition) is 4. The van der Waals surface area contributed by atoms with Gasteiger partial charge >= 0.3 is 0 Å². The Bertz CT molecular complexity index is 1310. The highest BCUT2D eigenvalue weighted by molar-refractivity contribution is 6.52. The van der Waals surface area contributed by atoms with E-state index in [9.17, 15) is 19.1 Å². The Morgan fingerprint density at radius 3 is 2.24 bits per heavy atom. The van der Waals surface area contributed by atoms with Crippen molar-refractivity contribution in [2.45, 2.75) is 6.04 Å². The van der Waals surface area contributed by atoms with Gasteiger partial charge in [-0.15, -0.1) is 0 Å². The second-order valence-corrected chi connectivity index (χ2v) is 8.39. The van der Waals surface area contributed by atoms with Crippen LogP contribution in [0.1, 0.15) is 17.2 Å². The quantitative estimate of drug-likeness (QED) is 0.252. The zero-order chi connectivity index (χ0) is 23.9. The van der Waals surface area contributed by atoms with Crippen molar-refractivity contribution in [1.29, 1.82) is 0 Å². The van der Waals surface area contributed by atoms with Crippen molar-refractivity contribution in [1.82, 2.24) is 0 Å². The van der Waals surface area contributed by atoms with Gasteiger partial charge in [-0.2, -0.15) is 0 Å². The molecular weight excluding hydrogens is 492 g/mol. The first-order valence-electron chi connectivity index (χ1n) is 9.58. The summed E-state index contributed by atoms with van der Waals surface area (Å²) in [5, 5.41) is 11.3. The maximum absolute atomic E-state index is 13.8. The minimum atomic E-state index is -1.02. The number of benzene rings is 3. The molecule has 0 bridgehead atoms. The van der Waals surface area contributed by atoms with Crippen LogP contribution in [0.15, 0.2) is 66.2 Å². The minimum Gasteiger partial charge on any atom is -0.507 e. The molecule has 168 valence electrons. The summed E-state index contributed by atoms with van der Waals surface area (Å²) in [6.07, 6.45) is 0. The van der Waals surface area contributed by atoms with Crippen LogP contribution >= 0.6 is 34.8 Å². The second-order valence-electron chi connectivity index (χ2n) is 7.17. The van der Waals surface area contributed by atoms with E-state index in [1.807, 2.05) is 0 Å². The number of carbonyl (C=O) groups is 2. The van der Waals surface area contributed by atoms with Crippen LogP contribution in [0.2, 0.25) is 15.1 Å². The Morgan fingerprint density at radius 2 is 1.64 bits per heavy atom. The van der Waals surface area contributed by atoms with E-state index >= 15 is 0 Å². The van der Waals surface area contributed by atoms with Crippen molar-refractivity contribution >= 4 is 57.9 Å². The third kappa shape index (κ3) is 4.17. The number of aliphatic hydroxyl groups excluding tert-OH is 1. The highest BCUT2D eigenvalue weighted by Gasteiger charge is 2.47. The van der Waals surface area contributed by atoms with Crippen LogP contribution in [0.5, 0.6) is 5.75 Å². The Morgan fingerprint density at radius 1 is 0.939 bits per heavy atom. The summed E-state index contributed by atoms with van der Waals surface area (Å²) in [5.41, 5.74) is 0.747. The van der Waals surface area contributed by atoms with Crippen LogP contribution in [0.25, 0.3) is 5.76 Å². The minimum absolute atomic E-state index is 0.163. The molecule has 1 heterocycles. The molecule has 1 aliphatic heterocycles. The van der Waals surface area contributed by atoms with Gasteiger partial charge in [-0.1, -0.05) is 46.9 Å². The maximum Gasteiger partial charge on any atom is 0.300 e.